The first-order chi connectivity index (χ1) is 10.1. The van der Waals surface area contributed by atoms with E-state index < -0.39 is 11.5 Å². The average molecular weight is 287 g/mol. The van der Waals surface area contributed by atoms with Crippen LogP contribution in [-0.2, 0) is 19.1 Å². The molecule has 0 aliphatic carbocycles. The van der Waals surface area contributed by atoms with E-state index >= 15 is 0 Å². The minimum atomic E-state index is -1.17. The Balaban J connectivity index is 2.01. The molecule has 0 bridgehead atoms. The summed E-state index contributed by atoms with van der Waals surface area (Å²) >= 11 is 0. The zero-order valence-electron chi connectivity index (χ0n) is 12.0. The van der Waals surface area contributed by atoms with Gasteiger partial charge in [0.2, 0.25) is 5.91 Å². The molecular weight excluding hydrogens is 270 g/mol. The molecule has 2 heterocycles. The van der Waals surface area contributed by atoms with E-state index in [1.165, 1.54) is 4.90 Å². The molecule has 0 spiro atoms. The number of benzene rings is 1. The number of β-lactam (4-membered cyclic amide) rings is 1. The minimum absolute atomic E-state index is 0.0907. The van der Waals surface area contributed by atoms with Gasteiger partial charge in [-0.3, -0.25) is 9.69 Å². The number of amides is 1. The van der Waals surface area contributed by atoms with Crippen molar-refractivity contribution < 1.29 is 19.1 Å². The van der Waals surface area contributed by atoms with Crippen LogP contribution in [0.15, 0.2) is 36.1 Å². The quantitative estimate of drug-likeness (QED) is 0.630. The molecule has 110 valence electrons. The number of hydrogen-bond acceptors (Lipinski definition) is 4. The highest BCUT2D eigenvalue weighted by Crippen LogP contribution is 2.45. The Morgan fingerprint density at radius 1 is 1.48 bits per heavy atom. The Morgan fingerprint density at radius 2 is 2.19 bits per heavy atom. The third-order valence-electron chi connectivity index (χ3n) is 3.90. The first-order valence-corrected chi connectivity index (χ1v) is 7.00. The van der Waals surface area contributed by atoms with Crippen LogP contribution in [0.1, 0.15) is 25.8 Å². The summed E-state index contributed by atoms with van der Waals surface area (Å²) in [6.45, 7) is 3.68. The Hall–Kier alpha value is -2.30. The summed E-state index contributed by atoms with van der Waals surface area (Å²) in [5.41, 5.74) is -0.260. The van der Waals surface area contributed by atoms with Gasteiger partial charge in [-0.15, -0.1) is 0 Å². The summed E-state index contributed by atoms with van der Waals surface area (Å²) in [5, 5.41) is 0. The smallest absolute Gasteiger partial charge is 0.339 e. The van der Waals surface area contributed by atoms with Crippen molar-refractivity contribution >= 4 is 18.0 Å². The van der Waals surface area contributed by atoms with Gasteiger partial charge < -0.3 is 9.47 Å². The molecule has 5 nitrogen and oxygen atoms in total. The van der Waals surface area contributed by atoms with Crippen molar-refractivity contribution in [2.45, 2.75) is 32.0 Å². The van der Waals surface area contributed by atoms with Gasteiger partial charge >= 0.3 is 5.97 Å². The topological polar surface area (TPSA) is 55.8 Å². The minimum Gasteiger partial charge on any atom is -0.471 e. The second kappa shape index (κ2) is 4.91. The molecule has 0 aromatic heterocycles. The van der Waals surface area contributed by atoms with Crippen molar-refractivity contribution in [3.63, 3.8) is 0 Å². The Morgan fingerprint density at radius 3 is 2.81 bits per heavy atom. The molecular formula is C16H17NO4. The van der Waals surface area contributed by atoms with Crippen molar-refractivity contribution in [1.29, 1.82) is 0 Å². The Bertz CT molecular complexity index is 610. The van der Waals surface area contributed by atoms with Crippen molar-refractivity contribution in [1.82, 2.24) is 4.90 Å². The number of hydrogen-bond donors (Lipinski definition) is 0. The standard InChI is InChI=1S/C16H17NO4/c1-3-20-15(19)16(2)12(9-11-7-5-4-6-8-11)21-14-10-13(18)17(14)16/h4-9,14H,3,10H2,1-2H3/b12-9-. The molecule has 0 radical (unpaired) electrons. The fourth-order valence-corrected chi connectivity index (χ4v) is 2.74. The fourth-order valence-electron chi connectivity index (χ4n) is 2.74. The van der Waals surface area contributed by atoms with E-state index in [1.54, 1.807) is 19.9 Å². The highest BCUT2D eigenvalue weighted by atomic mass is 16.6. The predicted octanol–water partition coefficient (Wildman–Crippen LogP) is 1.94. The highest BCUT2D eigenvalue weighted by molar-refractivity contribution is 5.96. The van der Waals surface area contributed by atoms with E-state index in [4.69, 9.17) is 9.47 Å². The number of carbonyl (C=O) groups excluding carboxylic acids is 2. The summed E-state index contributed by atoms with van der Waals surface area (Å²) in [5.74, 6) is -0.0854. The number of esters is 1. The number of nitrogens with zero attached hydrogens (tertiary/aromatic N) is 1. The molecule has 2 atom stereocenters. The van der Waals surface area contributed by atoms with Crippen molar-refractivity contribution in [2.75, 3.05) is 6.61 Å². The maximum Gasteiger partial charge on any atom is 0.339 e. The molecule has 2 fully saturated rings. The number of rotatable bonds is 3. The van der Waals surface area contributed by atoms with Crippen molar-refractivity contribution in [3.05, 3.63) is 41.7 Å². The molecule has 1 aromatic rings. The lowest BCUT2D eigenvalue weighted by molar-refractivity contribution is -0.172. The van der Waals surface area contributed by atoms with E-state index in [2.05, 4.69) is 0 Å². The van der Waals surface area contributed by atoms with Gasteiger partial charge in [0.15, 0.2) is 11.8 Å². The maximum absolute atomic E-state index is 12.4. The van der Waals surface area contributed by atoms with Crippen LogP contribution in [0.5, 0.6) is 0 Å². The molecule has 1 amide bonds. The lowest BCUT2D eigenvalue weighted by Crippen LogP contribution is -2.61. The van der Waals surface area contributed by atoms with Gasteiger partial charge in [0.05, 0.1) is 13.0 Å². The molecule has 21 heavy (non-hydrogen) atoms. The third-order valence-corrected chi connectivity index (χ3v) is 3.90. The van der Waals surface area contributed by atoms with E-state index in [-0.39, 0.29) is 18.7 Å². The van der Waals surface area contributed by atoms with Crippen LogP contribution in [0.4, 0.5) is 0 Å². The predicted molar refractivity (Wildman–Crippen MR) is 75.8 cm³/mol. The van der Waals surface area contributed by atoms with Crippen LogP contribution in [0.2, 0.25) is 0 Å². The second-order valence-corrected chi connectivity index (χ2v) is 5.25. The number of carbonyl (C=O) groups is 2. The lowest BCUT2D eigenvalue weighted by atomic mass is 9.93. The van der Waals surface area contributed by atoms with Gasteiger partial charge in [-0.25, -0.2) is 4.79 Å². The molecule has 2 saturated heterocycles. The van der Waals surface area contributed by atoms with Crippen LogP contribution in [0.3, 0.4) is 0 Å². The normalized spacial score (nSPS) is 28.9. The third kappa shape index (κ3) is 2.00. The van der Waals surface area contributed by atoms with Crippen LogP contribution in [-0.4, -0.2) is 35.2 Å². The summed E-state index contributed by atoms with van der Waals surface area (Å²) in [6, 6.07) is 9.56. The average Bonchev–Trinajstić information content (AvgIpc) is 2.68. The second-order valence-electron chi connectivity index (χ2n) is 5.25. The van der Waals surface area contributed by atoms with Gasteiger partial charge in [0.25, 0.3) is 0 Å². The zero-order chi connectivity index (χ0) is 15.0. The fraction of sp³-hybridized carbons (Fsp3) is 0.375. The summed E-state index contributed by atoms with van der Waals surface area (Å²) in [7, 11) is 0. The first-order valence-electron chi connectivity index (χ1n) is 7.00. The summed E-state index contributed by atoms with van der Waals surface area (Å²) in [6.07, 6.45) is 1.74. The zero-order valence-corrected chi connectivity index (χ0v) is 12.0. The van der Waals surface area contributed by atoms with Gasteiger partial charge in [0.1, 0.15) is 5.76 Å². The molecule has 5 heteroatoms. The highest BCUT2D eigenvalue weighted by Gasteiger charge is 2.62. The van der Waals surface area contributed by atoms with E-state index in [9.17, 15) is 9.59 Å². The van der Waals surface area contributed by atoms with Crippen molar-refractivity contribution in [2.24, 2.45) is 0 Å². The molecule has 2 unspecified atom stereocenters. The molecule has 2 aliphatic rings. The SMILES string of the molecule is CCOC(=O)C1(C)/C(=C/c2ccccc2)OC2CC(=O)N21. The van der Waals surface area contributed by atoms with E-state index in [0.717, 1.165) is 5.56 Å². The summed E-state index contributed by atoms with van der Waals surface area (Å²) < 4.78 is 10.9. The lowest BCUT2D eigenvalue weighted by Gasteiger charge is -2.39. The van der Waals surface area contributed by atoms with Gasteiger partial charge in [0, 0.05) is 0 Å². The van der Waals surface area contributed by atoms with Crippen LogP contribution in [0, 0.1) is 0 Å². The molecule has 0 N–H and O–H groups in total. The Labute approximate surface area is 123 Å². The van der Waals surface area contributed by atoms with Gasteiger partial charge in [-0.2, -0.15) is 0 Å². The molecule has 0 saturated carbocycles. The van der Waals surface area contributed by atoms with Crippen LogP contribution >= 0.6 is 0 Å². The van der Waals surface area contributed by atoms with E-state index in [1.807, 2.05) is 30.3 Å². The largest absolute Gasteiger partial charge is 0.471 e. The monoisotopic (exact) mass is 287 g/mol. The van der Waals surface area contributed by atoms with Crippen molar-refractivity contribution in [3.8, 4) is 0 Å². The number of fused-ring (bicyclic) bond motifs is 1. The maximum atomic E-state index is 12.4. The molecule has 1 aromatic carbocycles. The van der Waals surface area contributed by atoms with Crippen LogP contribution < -0.4 is 0 Å². The van der Waals surface area contributed by atoms with Crippen LogP contribution in [0.25, 0.3) is 6.08 Å². The molecule has 2 aliphatic heterocycles. The molecule has 3 rings (SSSR count). The number of ether oxygens (including phenoxy) is 2. The van der Waals surface area contributed by atoms with Gasteiger partial charge in [-0.1, -0.05) is 30.3 Å². The van der Waals surface area contributed by atoms with Gasteiger partial charge in [-0.05, 0) is 25.5 Å². The Kier molecular flexibility index (Phi) is 3.20. The van der Waals surface area contributed by atoms with E-state index in [0.29, 0.717) is 12.2 Å². The first kappa shape index (κ1) is 13.7. The summed E-state index contributed by atoms with van der Waals surface area (Å²) in [4.78, 5) is 25.7.